The Hall–Kier alpha value is -1.59. The molecule has 1 N–H and O–H groups in total. The highest BCUT2D eigenvalue weighted by Gasteiger charge is 2.17. The highest BCUT2D eigenvalue weighted by atomic mass is 16.5. The van der Waals surface area contributed by atoms with Gasteiger partial charge in [-0.1, -0.05) is 19.8 Å². The van der Waals surface area contributed by atoms with E-state index in [9.17, 15) is 0 Å². The van der Waals surface area contributed by atoms with Crippen LogP contribution in [0.25, 0.3) is 0 Å². The van der Waals surface area contributed by atoms with E-state index < -0.39 is 0 Å². The second kappa shape index (κ2) is 8.00. The van der Waals surface area contributed by atoms with E-state index in [4.69, 9.17) is 4.74 Å². The first-order valence-corrected chi connectivity index (χ1v) is 8.03. The minimum Gasteiger partial charge on any atom is -0.460 e. The van der Waals surface area contributed by atoms with Gasteiger partial charge in [0.2, 0.25) is 11.9 Å². The molecule has 1 heterocycles. The van der Waals surface area contributed by atoms with Gasteiger partial charge in [-0.2, -0.15) is 15.0 Å². The van der Waals surface area contributed by atoms with Gasteiger partial charge in [-0.25, -0.2) is 0 Å². The monoisotopic (exact) mass is 293 g/mol. The van der Waals surface area contributed by atoms with Crippen LogP contribution in [-0.4, -0.2) is 41.7 Å². The van der Waals surface area contributed by atoms with Gasteiger partial charge in [0, 0.05) is 20.6 Å². The summed E-state index contributed by atoms with van der Waals surface area (Å²) in [6, 6.07) is 0.444. The van der Waals surface area contributed by atoms with Crippen molar-refractivity contribution in [2.45, 2.75) is 58.0 Å². The van der Waals surface area contributed by atoms with Crippen LogP contribution < -0.4 is 15.0 Å². The van der Waals surface area contributed by atoms with E-state index in [1.165, 1.54) is 25.7 Å². The van der Waals surface area contributed by atoms with Crippen molar-refractivity contribution in [2.24, 2.45) is 0 Å². The lowest BCUT2D eigenvalue weighted by atomic mass is 10.2. The number of aromatic nitrogens is 3. The maximum atomic E-state index is 6.02. The molecule has 0 amide bonds. The van der Waals surface area contributed by atoms with Gasteiger partial charge in [0.1, 0.15) is 6.10 Å². The molecule has 0 aliphatic heterocycles. The van der Waals surface area contributed by atoms with Gasteiger partial charge >= 0.3 is 6.01 Å². The Morgan fingerprint density at radius 3 is 2.43 bits per heavy atom. The predicted octanol–water partition coefficient (Wildman–Crippen LogP) is 2.86. The van der Waals surface area contributed by atoms with Crippen LogP contribution in [0.4, 0.5) is 11.9 Å². The van der Waals surface area contributed by atoms with Crippen LogP contribution in [0.5, 0.6) is 6.01 Å². The van der Waals surface area contributed by atoms with Crippen molar-refractivity contribution in [3.8, 4) is 6.01 Å². The lowest BCUT2D eigenvalue weighted by Gasteiger charge is -2.18. The van der Waals surface area contributed by atoms with Crippen molar-refractivity contribution in [2.75, 3.05) is 30.9 Å². The molecule has 1 aliphatic rings. The molecule has 1 fully saturated rings. The number of ether oxygens (including phenoxy) is 1. The lowest BCUT2D eigenvalue weighted by molar-refractivity contribution is 0.168. The Morgan fingerprint density at radius 1 is 1.10 bits per heavy atom. The molecule has 6 heteroatoms. The molecule has 118 valence electrons. The molecule has 0 atom stereocenters. The summed E-state index contributed by atoms with van der Waals surface area (Å²) >= 11 is 0. The van der Waals surface area contributed by atoms with Crippen molar-refractivity contribution in [1.82, 2.24) is 15.0 Å². The zero-order valence-corrected chi connectivity index (χ0v) is 13.4. The van der Waals surface area contributed by atoms with E-state index in [1.807, 2.05) is 19.0 Å². The summed E-state index contributed by atoms with van der Waals surface area (Å²) in [7, 11) is 3.85. The van der Waals surface area contributed by atoms with E-state index in [0.717, 1.165) is 25.8 Å². The fraction of sp³-hybridized carbons (Fsp3) is 0.800. The summed E-state index contributed by atoms with van der Waals surface area (Å²) in [6.45, 7) is 2.96. The van der Waals surface area contributed by atoms with Crippen LogP contribution in [0.1, 0.15) is 51.9 Å². The topological polar surface area (TPSA) is 63.2 Å². The average Bonchev–Trinajstić information content (AvgIpc) is 2.73. The Kier molecular flexibility index (Phi) is 6.02. The molecule has 0 unspecified atom stereocenters. The minimum absolute atomic E-state index is 0.240. The van der Waals surface area contributed by atoms with E-state index in [2.05, 4.69) is 27.2 Å². The number of nitrogens with one attached hydrogen (secondary N) is 1. The van der Waals surface area contributed by atoms with Gasteiger partial charge in [-0.15, -0.1) is 0 Å². The fourth-order valence-electron chi connectivity index (χ4n) is 2.42. The number of hydrogen-bond acceptors (Lipinski definition) is 6. The number of nitrogens with zero attached hydrogens (tertiary/aromatic N) is 4. The largest absolute Gasteiger partial charge is 0.460 e. The number of hydrogen-bond donors (Lipinski definition) is 1. The molecule has 2 rings (SSSR count). The Morgan fingerprint density at radius 2 is 1.81 bits per heavy atom. The molecule has 21 heavy (non-hydrogen) atoms. The molecule has 0 radical (unpaired) electrons. The van der Waals surface area contributed by atoms with E-state index in [1.54, 1.807) is 0 Å². The molecule has 1 aromatic rings. The second-order valence-electron chi connectivity index (χ2n) is 5.79. The molecular weight excluding hydrogens is 266 g/mol. The SMILES string of the molecule is CCCNc1nc(OC2CCCCCC2)nc(N(C)C)n1. The Labute approximate surface area is 127 Å². The van der Waals surface area contributed by atoms with Crippen molar-refractivity contribution in [1.29, 1.82) is 0 Å². The molecule has 1 aliphatic carbocycles. The summed E-state index contributed by atoms with van der Waals surface area (Å²) < 4.78 is 6.02. The van der Waals surface area contributed by atoms with Gasteiger partial charge in [-0.3, -0.25) is 0 Å². The maximum absolute atomic E-state index is 6.02. The first kappa shape index (κ1) is 15.8. The zero-order valence-electron chi connectivity index (χ0n) is 13.4. The first-order valence-electron chi connectivity index (χ1n) is 8.03. The van der Waals surface area contributed by atoms with Crippen molar-refractivity contribution >= 4 is 11.9 Å². The van der Waals surface area contributed by atoms with Crippen molar-refractivity contribution < 1.29 is 4.74 Å². The van der Waals surface area contributed by atoms with E-state index in [0.29, 0.717) is 17.9 Å². The van der Waals surface area contributed by atoms with Crippen molar-refractivity contribution in [3.05, 3.63) is 0 Å². The van der Waals surface area contributed by atoms with Crippen LogP contribution >= 0.6 is 0 Å². The Balaban J connectivity index is 2.10. The molecular formula is C15H27N5O. The lowest BCUT2D eigenvalue weighted by Crippen LogP contribution is -2.20. The highest BCUT2D eigenvalue weighted by Crippen LogP contribution is 2.22. The zero-order chi connectivity index (χ0) is 15.1. The smallest absolute Gasteiger partial charge is 0.323 e. The summed E-state index contributed by atoms with van der Waals surface area (Å²) in [5, 5.41) is 3.21. The summed E-state index contributed by atoms with van der Waals surface area (Å²) in [5.41, 5.74) is 0. The third-order valence-corrected chi connectivity index (χ3v) is 3.61. The van der Waals surface area contributed by atoms with E-state index >= 15 is 0 Å². The Bertz CT molecular complexity index is 430. The molecule has 1 saturated carbocycles. The van der Waals surface area contributed by atoms with Crippen LogP contribution in [-0.2, 0) is 0 Å². The average molecular weight is 293 g/mol. The van der Waals surface area contributed by atoms with Gasteiger partial charge in [0.25, 0.3) is 0 Å². The van der Waals surface area contributed by atoms with Crippen LogP contribution in [0.15, 0.2) is 0 Å². The third kappa shape index (κ3) is 5.02. The maximum Gasteiger partial charge on any atom is 0.323 e. The number of rotatable bonds is 6. The number of anilines is 2. The fourth-order valence-corrected chi connectivity index (χ4v) is 2.42. The van der Waals surface area contributed by atoms with Crippen molar-refractivity contribution in [3.63, 3.8) is 0 Å². The van der Waals surface area contributed by atoms with Gasteiger partial charge in [0.05, 0.1) is 0 Å². The molecule has 1 aromatic heterocycles. The molecule has 0 bridgehead atoms. The summed E-state index contributed by atoms with van der Waals surface area (Å²) in [5.74, 6) is 1.23. The van der Waals surface area contributed by atoms with Gasteiger partial charge in [0.15, 0.2) is 0 Å². The summed E-state index contributed by atoms with van der Waals surface area (Å²) in [6.07, 6.45) is 8.55. The van der Waals surface area contributed by atoms with E-state index in [-0.39, 0.29) is 6.10 Å². The minimum atomic E-state index is 0.240. The molecule has 0 saturated heterocycles. The quantitative estimate of drug-likeness (QED) is 0.814. The molecule has 0 aromatic carbocycles. The van der Waals surface area contributed by atoms with Crippen LogP contribution in [0.3, 0.4) is 0 Å². The predicted molar refractivity (Wildman–Crippen MR) is 85.1 cm³/mol. The van der Waals surface area contributed by atoms with Gasteiger partial charge < -0.3 is 15.0 Å². The van der Waals surface area contributed by atoms with Crippen LogP contribution in [0, 0.1) is 0 Å². The first-order chi connectivity index (χ1) is 10.2. The third-order valence-electron chi connectivity index (χ3n) is 3.61. The molecule has 0 spiro atoms. The summed E-state index contributed by atoms with van der Waals surface area (Å²) in [4.78, 5) is 15.1. The van der Waals surface area contributed by atoms with Gasteiger partial charge in [-0.05, 0) is 32.1 Å². The standard InChI is InChI=1S/C15H27N5O/c1-4-11-16-13-17-14(20(2)3)19-15(18-13)21-12-9-7-5-6-8-10-12/h12H,4-11H2,1-3H3,(H,16,17,18,19). The van der Waals surface area contributed by atoms with Crippen LogP contribution in [0.2, 0.25) is 0 Å². The second-order valence-corrected chi connectivity index (χ2v) is 5.79. The molecule has 6 nitrogen and oxygen atoms in total. The highest BCUT2D eigenvalue weighted by molar-refractivity contribution is 5.36. The normalized spacial score (nSPS) is 16.3.